The van der Waals surface area contributed by atoms with Gasteiger partial charge in [-0.1, -0.05) is 30.3 Å². The van der Waals surface area contributed by atoms with Crippen molar-refractivity contribution >= 4 is 28.7 Å². The lowest BCUT2D eigenvalue weighted by Crippen LogP contribution is -2.48. The first kappa shape index (κ1) is 24.5. The molecule has 2 amide bonds. The molecule has 1 saturated heterocycles. The molecule has 0 saturated carbocycles. The topological polar surface area (TPSA) is 92.1 Å². The maximum absolute atomic E-state index is 12.6. The lowest BCUT2D eigenvalue weighted by atomic mass is 10.1. The second-order valence-corrected chi connectivity index (χ2v) is 8.64. The second-order valence-electron chi connectivity index (χ2n) is 8.64. The average Bonchev–Trinajstić information content (AvgIpc) is 2.85. The quantitative estimate of drug-likeness (QED) is 0.493. The third kappa shape index (κ3) is 6.70. The highest BCUT2D eigenvalue weighted by molar-refractivity contribution is 5.90. The average molecular weight is 478 g/mol. The van der Waals surface area contributed by atoms with Crippen LogP contribution in [0.2, 0.25) is 0 Å². The molecule has 0 bridgehead atoms. The summed E-state index contributed by atoms with van der Waals surface area (Å²) in [6.45, 7) is 5.43. The van der Waals surface area contributed by atoms with Gasteiger partial charge in [0.25, 0.3) is 0 Å². The van der Waals surface area contributed by atoms with Crippen molar-refractivity contribution in [3.05, 3.63) is 76.1 Å². The zero-order valence-corrected chi connectivity index (χ0v) is 20.0. The highest BCUT2D eigenvalue weighted by atomic mass is 16.5. The lowest BCUT2D eigenvalue weighted by molar-refractivity contribution is -0.133. The van der Waals surface area contributed by atoms with Crippen LogP contribution in [0.3, 0.4) is 0 Å². The van der Waals surface area contributed by atoms with Crippen LogP contribution in [-0.2, 0) is 22.5 Å². The van der Waals surface area contributed by atoms with Crippen molar-refractivity contribution in [2.24, 2.45) is 0 Å². The molecule has 1 aliphatic rings. The van der Waals surface area contributed by atoms with Crippen molar-refractivity contribution in [2.45, 2.75) is 32.7 Å². The van der Waals surface area contributed by atoms with Gasteiger partial charge in [0.1, 0.15) is 5.58 Å². The summed E-state index contributed by atoms with van der Waals surface area (Å²) >= 11 is 0. The summed E-state index contributed by atoms with van der Waals surface area (Å²) in [5.74, 6) is 0.202. The molecule has 8 nitrogen and oxygen atoms in total. The van der Waals surface area contributed by atoms with Crippen LogP contribution in [0.5, 0.6) is 0 Å². The van der Waals surface area contributed by atoms with Crippen molar-refractivity contribution < 1.29 is 18.7 Å². The number of hydrogen-bond donors (Lipinski definition) is 1. The standard InChI is InChI=1S/C27H31N3O5/c1-2-34-27(33)28-22-11-12-23-21(17-26(32)35-24(23)18-22)19-29-13-15-30(16-14-29)25(31)10-6-9-20-7-4-3-5-8-20/h3-5,7-8,11-12,17-18H,2,6,9-10,13-16,19H2,1H3,(H,28,33). The van der Waals surface area contributed by atoms with E-state index in [1.165, 1.54) is 11.6 Å². The fourth-order valence-electron chi connectivity index (χ4n) is 4.37. The van der Waals surface area contributed by atoms with Crippen LogP contribution in [-0.4, -0.2) is 54.6 Å². The highest BCUT2D eigenvalue weighted by Gasteiger charge is 2.21. The third-order valence-corrected chi connectivity index (χ3v) is 6.17. The van der Waals surface area contributed by atoms with Gasteiger partial charge in [0, 0.05) is 62.4 Å². The number of nitrogens with one attached hydrogen (secondary N) is 1. The second kappa shape index (κ2) is 11.7. The van der Waals surface area contributed by atoms with E-state index < -0.39 is 11.7 Å². The van der Waals surface area contributed by atoms with Gasteiger partial charge in [-0.25, -0.2) is 9.59 Å². The maximum atomic E-state index is 12.6. The molecular formula is C27H31N3O5. The van der Waals surface area contributed by atoms with Crippen molar-refractivity contribution in [3.8, 4) is 0 Å². The fourth-order valence-corrected chi connectivity index (χ4v) is 4.37. The molecule has 3 aromatic rings. The Morgan fingerprint density at radius 3 is 2.54 bits per heavy atom. The molecule has 0 unspecified atom stereocenters. The molecule has 35 heavy (non-hydrogen) atoms. The Morgan fingerprint density at radius 2 is 1.80 bits per heavy atom. The number of benzene rings is 2. The summed E-state index contributed by atoms with van der Waals surface area (Å²) in [7, 11) is 0. The molecule has 184 valence electrons. The van der Waals surface area contributed by atoms with Gasteiger partial charge in [0.05, 0.1) is 6.61 Å². The van der Waals surface area contributed by atoms with Gasteiger partial charge >= 0.3 is 11.7 Å². The molecule has 1 aliphatic heterocycles. The molecule has 0 spiro atoms. The van der Waals surface area contributed by atoms with Gasteiger partial charge in [-0.15, -0.1) is 0 Å². The number of nitrogens with zero attached hydrogens (tertiary/aromatic N) is 2. The number of anilines is 1. The minimum Gasteiger partial charge on any atom is -0.450 e. The SMILES string of the molecule is CCOC(=O)Nc1ccc2c(CN3CCN(C(=O)CCCc4ccccc4)CC3)cc(=O)oc2c1. The number of hydrogen-bond acceptors (Lipinski definition) is 6. The van der Waals surface area contributed by atoms with Crippen LogP contribution >= 0.6 is 0 Å². The number of ether oxygens (including phenoxy) is 1. The van der Waals surface area contributed by atoms with E-state index in [2.05, 4.69) is 22.3 Å². The van der Waals surface area contributed by atoms with Gasteiger partial charge in [-0.05, 0) is 43.0 Å². The van der Waals surface area contributed by atoms with E-state index in [0.29, 0.717) is 37.3 Å². The fraction of sp³-hybridized carbons (Fsp3) is 0.370. The Morgan fingerprint density at radius 1 is 1.03 bits per heavy atom. The van der Waals surface area contributed by atoms with E-state index >= 15 is 0 Å². The summed E-state index contributed by atoms with van der Waals surface area (Å²) in [6, 6.07) is 17.0. The summed E-state index contributed by atoms with van der Waals surface area (Å²) < 4.78 is 10.3. The van der Waals surface area contributed by atoms with Crippen LogP contribution in [0.1, 0.15) is 30.9 Å². The monoisotopic (exact) mass is 477 g/mol. The Balaban J connectivity index is 1.32. The van der Waals surface area contributed by atoms with Gasteiger partial charge in [0.15, 0.2) is 0 Å². The Bertz CT molecular complexity index is 1220. The molecule has 2 aromatic carbocycles. The molecule has 1 aromatic heterocycles. The normalized spacial score (nSPS) is 14.1. The molecule has 4 rings (SSSR count). The van der Waals surface area contributed by atoms with Crippen LogP contribution in [0, 0.1) is 0 Å². The van der Waals surface area contributed by atoms with E-state index in [0.717, 1.165) is 36.9 Å². The number of aryl methyl sites for hydroxylation is 1. The number of amides is 2. The van der Waals surface area contributed by atoms with Crippen molar-refractivity contribution in [2.75, 3.05) is 38.1 Å². The summed E-state index contributed by atoms with van der Waals surface area (Å²) in [5.41, 5.74) is 2.59. The minimum atomic E-state index is -0.558. The van der Waals surface area contributed by atoms with Gasteiger partial charge < -0.3 is 14.1 Å². The van der Waals surface area contributed by atoms with Gasteiger partial charge in [-0.3, -0.25) is 15.0 Å². The highest BCUT2D eigenvalue weighted by Crippen LogP contribution is 2.23. The van der Waals surface area contributed by atoms with Crippen LogP contribution in [0.25, 0.3) is 11.0 Å². The number of rotatable bonds is 8. The van der Waals surface area contributed by atoms with Crippen molar-refractivity contribution in [3.63, 3.8) is 0 Å². The lowest BCUT2D eigenvalue weighted by Gasteiger charge is -2.35. The Hall–Kier alpha value is -3.65. The Labute approximate surface area is 204 Å². The summed E-state index contributed by atoms with van der Waals surface area (Å²) in [5, 5.41) is 3.44. The predicted molar refractivity (Wildman–Crippen MR) is 134 cm³/mol. The molecule has 0 atom stereocenters. The zero-order chi connectivity index (χ0) is 24.6. The van der Waals surface area contributed by atoms with E-state index in [1.807, 2.05) is 29.2 Å². The first-order valence-corrected chi connectivity index (χ1v) is 12.1. The molecule has 2 heterocycles. The summed E-state index contributed by atoms with van der Waals surface area (Å²) in [6.07, 6.45) is 1.76. The first-order chi connectivity index (χ1) is 17.0. The first-order valence-electron chi connectivity index (χ1n) is 12.1. The van der Waals surface area contributed by atoms with E-state index in [4.69, 9.17) is 9.15 Å². The molecule has 1 fully saturated rings. The zero-order valence-electron chi connectivity index (χ0n) is 20.0. The molecule has 0 aliphatic carbocycles. The van der Waals surface area contributed by atoms with Crippen molar-refractivity contribution in [1.82, 2.24) is 9.80 Å². The number of carbonyl (C=O) groups is 2. The number of fused-ring (bicyclic) bond motifs is 1. The molecule has 0 radical (unpaired) electrons. The van der Waals surface area contributed by atoms with Crippen LogP contribution in [0.15, 0.2) is 63.8 Å². The molecule has 8 heteroatoms. The van der Waals surface area contributed by atoms with Crippen molar-refractivity contribution in [1.29, 1.82) is 0 Å². The molecule has 1 N–H and O–H groups in total. The van der Waals surface area contributed by atoms with E-state index in [1.54, 1.807) is 19.1 Å². The summed E-state index contributed by atoms with van der Waals surface area (Å²) in [4.78, 5) is 40.7. The predicted octanol–water partition coefficient (Wildman–Crippen LogP) is 4.03. The van der Waals surface area contributed by atoms with Gasteiger partial charge in [0.2, 0.25) is 5.91 Å². The van der Waals surface area contributed by atoms with Crippen LogP contribution < -0.4 is 10.9 Å². The van der Waals surface area contributed by atoms with E-state index in [9.17, 15) is 14.4 Å². The maximum Gasteiger partial charge on any atom is 0.411 e. The third-order valence-electron chi connectivity index (χ3n) is 6.17. The molecular weight excluding hydrogens is 446 g/mol. The van der Waals surface area contributed by atoms with Crippen LogP contribution in [0.4, 0.5) is 10.5 Å². The number of carbonyl (C=O) groups excluding carboxylic acids is 2. The largest absolute Gasteiger partial charge is 0.450 e. The minimum absolute atomic E-state index is 0.202. The smallest absolute Gasteiger partial charge is 0.411 e. The Kier molecular flexibility index (Phi) is 8.15. The van der Waals surface area contributed by atoms with E-state index in [-0.39, 0.29) is 12.5 Å². The number of piperazine rings is 1. The van der Waals surface area contributed by atoms with Gasteiger partial charge in [-0.2, -0.15) is 0 Å².